The molecule has 0 saturated carbocycles. The first-order valence-corrected chi connectivity index (χ1v) is 5.90. The summed E-state index contributed by atoms with van der Waals surface area (Å²) in [5.74, 6) is 0. The van der Waals surface area contributed by atoms with Crippen LogP contribution in [0, 0.1) is 0 Å². The Bertz CT molecular complexity index is 338. The summed E-state index contributed by atoms with van der Waals surface area (Å²) in [5, 5.41) is 3.12. The minimum atomic E-state index is -4.09. The number of nitrogens with zero attached hydrogens (tertiary/aromatic N) is 1. The van der Waals surface area contributed by atoms with E-state index in [0.717, 1.165) is 5.56 Å². The van der Waals surface area contributed by atoms with Crippen LogP contribution < -0.4 is 5.32 Å². The van der Waals surface area contributed by atoms with E-state index in [4.69, 9.17) is 0 Å². The van der Waals surface area contributed by atoms with Crippen molar-refractivity contribution in [1.29, 1.82) is 0 Å². The first-order valence-electron chi connectivity index (χ1n) is 5.90. The zero-order valence-corrected chi connectivity index (χ0v) is 10.7. The van der Waals surface area contributed by atoms with Crippen molar-refractivity contribution in [3.8, 4) is 0 Å². The van der Waals surface area contributed by atoms with Crippen LogP contribution in [0.1, 0.15) is 18.0 Å². The molecule has 2 nitrogen and oxygen atoms in total. The number of likely N-dealkylation sites (N-methyl/N-ethyl adjacent to an activating group) is 2. The van der Waals surface area contributed by atoms with Gasteiger partial charge in [0.05, 0.1) is 6.42 Å². The van der Waals surface area contributed by atoms with E-state index < -0.39 is 12.6 Å². The summed E-state index contributed by atoms with van der Waals surface area (Å²) in [6.07, 6.45) is -4.86. The van der Waals surface area contributed by atoms with Gasteiger partial charge in [-0.3, -0.25) is 0 Å². The van der Waals surface area contributed by atoms with E-state index in [9.17, 15) is 13.2 Å². The van der Waals surface area contributed by atoms with E-state index in [0.29, 0.717) is 6.54 Å². The van der Waals surface area contributed by atoms with Gasteiger partial charge in [-0.1, -0.05) is 30.3 Å². The van der Waals surface area contributed by atoms with E-state index in [1.165, 1.54) is 0 Å². The van der Waals surface area contributed by atoms with Crippen LogP contribution in [0.25, 0.3) is 0 Å². The lowest BCUT2D eigenvalue weighted by atomic mass is 10.1. The highest BCUT2D eigenvalue weighted by molar-refractivity contribution is 5.19. The largest absolute Gasteiger partial charge is 0.390 e. The Morgan fingerprint density at radius 1 is 1.22 bits per heavy atom. The van der Waals surface area contributed by atoms with Gasteiger partial charge in [0.2, 0.25) is 0 Å². The number of alkyl halides is 3. The Hall–Kier alpha value is -1.07. The molecular formula is C13H19F3N2. The third-order valence-corrected chi connectivity index (χ3v) is 2.82. The molecule has 1 rings (SSSR count). The van der Waals surface area contributed by atoms with Crippen LogP contribution in [0.5, 0.6) is 0 Å². The van der Waals surface area contributed by atoms with Gasteiger partial charge in [-0.15, -0.1) is 0 Å². The van der Waals surface area contributed by atoms with Crippen LogP contribution in [-0.2, 0) is 0 Å². The van der Waals surface area contributed by atoms with Crippen molar-refractivity contribution in [3.63, 3.8) is 0 Å². The lowest BCUT2D eigenvalue weighted by Crippen LogP contribution is -2.33. The molecule has 0 saturated heterocycles. The predicted octanol–water partition coefficient (Wildman–Crippen LogP) is 2.83. The number of hydrogen-bond acceptors (Lipinski definition) is 2. The van der Waals surface area contributed by atoms with Crippen LogP contribution >= 0.6 is 0 Å². The van der Waals surface area contributed by atoms with Gasteiger partial charge in [-0.2, -0.15) is 13.2 Å². The molecule has 0 aliphatic rings. The third kappa shape index (κ3) is 5.51. The molecule has 0 heterocycles. The Morgan fingerprint density at radius 2 is 1.83 bits per heavy atom. The van der Waals surface area contributed by atoms with Crippen LogP contribution in [0.4, 0.5) is 13.2 Å². The maximum Gasteiger partial charge on any atom is 0.390 e. The van der Waals surface area contributed by atoms with Gasteiger partial charge in [0.25, 0.3) is 0 Å². The van der Waals surface area contributed by atoms with Gasteiger partial charge in [0.15, 0.2) is 0 Å². The Morgan fingerprint density at radius 3 is 2.33 bits per heavy atom. The molecule has 5 heteroatoms. The number of halogens is 3. The summed E-state index contributed by atoms with van der Waals surface area (Å²) in [5.41, 5.74) is 1.08. The standard InChI is InChI=1S/C13H19F3N2/c1-17-12(11-6-4-3-5-7-11)10-18(2)9-8-13(14,15)16/h3-7,12,17H,8-10H2,1-2H3. The maximum atomic E-state index is 12.1. The molecule has 1 unspecified atom stereocenters. The highest BCUT2D eigenvalue weighted by atomic mass is 19.4. The molecular weight excluding hydrogens is 241 g/mol. The highest BCUT2D eigenvalue weighted by Crippen LogP contribution is 2.20. The number of nitrogens with one attached hydrogen (secondary N) is 1. The molecule has 0 bridgehead atoms. The number of hydrogen-bond donors (Lipinski definition) is 1. The van der Waals surface area contributed by atoms with Gasteiger partial charge >= 0.3 is 6.18 Å². The molecule has 0 fully saturated rings. The van der Waals surface area contributed by atoms with Crippen LogP contribution in [0.2, 0.25) is 0 Å². The normalized spacial score (nSPS) is 13.9. The second kappa shape index (κ2) is 6.75. The SMILES string of the molecule is CNC(CN(C)CCC(F)(F)F)c1ccccc1. The summed E-state index contributed by atoms with van der Waals surface area (Å²) in [4.78, 5) is 1.70. The molecule has 0 radical (unpaired) electrons. The number of rotatable bonds is 6. The van der Waals surface area contributed by atoms with Gasteiger partial charge in [-0.05, 0) is 19.7 Å². The predicted molar refractivity (Wildman–Crippen MR) is 66.4 cm³/mol. The fourth-order valence-corrected chi connectivity index (χ4v) is 1.77. The summed E-state index contributed by atoms with van der Waals surface area (Å²) < 4.78 is 36.3. The quantitative estimate of drug-likeness (QED) is 0.846. The van der Waals surface area contributed by atoms with Crippen molar-refractivity contribution < 1.29 is 13.2 Å². The van der Waals surface area contributed by atoms with E-state index in [1.54, 1.807) is 11.9 Å². The molecule has 0 aliphatic heterocycles. The summed E-state index contributed by atoms with van der Waals surface area (Å²) in [7, 11) is 3.52. The van der Waals surface area contributed by atoms with Gasteiger partial charge < -0.3 is 10.2 Å². The van der Waals surface area contributed by atoms with Crippen LogP contribution in [0.15, 0.2) is 30.3 Å². The average molecular weight is 260 g/mol. The second-order valence-electron chi connectivity index (χ2n) is 4.38. The molecule has 102 valence electrons. The molecule has 0 aliphatic carbocycles. The maximum absolute atomic E-state index is 12.1. The molecule has 0 spiro atoms. The smallest absolute Gasteiger partial charge is 0.312 e. The van der Waals surface area contributed by atoms with Crippen molar-refractivity contribution in [2.24, 2.45) is 0 Å². The Kier molecular flexibility index (Phi) is 5.62. The first kappa shape index (κ1) is 15.0. The molecule has 1 aromatic rings. The number of benzene rings is 1. The van der Waals surface area contributed by atoms with Crippen molar-refractivity contribution >= 4 is 0 Å². The lowest BCUT2D eigenvalue weighted by Gasteiger charge is -2.24. The Labute approximate surface area is 106 Å². The monoisotopic (exact) mass is 260 g/mol. The second-order valence-corrected chi connectivity index (χ2v) is 4.38. The minimum absolute atomic E-state index is 0.0223. The molecule has 0 aromatic heterocycles. The molecule has 18 heavy (non-hydrogen) atoms. The lowest BCUT2D eigenvalue weighted by molar-refractivity contribution is -0.137. The zero-order chi connectivity index (χ0) is 13.6. The van der Waals surface area contributed by atoms with Gasteiger partial charge in [0.1, 0.15) is 0 Å². The van der Waals surface area contributed by atoms with E-state index >= 15 is 0 Å². The van der Waals surface area contributed by atoms with Gasteiger partial charge in [0, 0.05) is 19.1 Å². The van der Waals surface area contributed by atoms with Crippen molar-refractivity contribution in [2.75, 3.05) is 27.2 Å². The van der Waals surface area contributed by atoms with Crippen molar-refractivity contribution in [2.45, 2.75) is 18.6 Å². The molecule has 1 aromatic carbocycles. The molecule has 0 amide bonds. The van der Waals surface area contributed by atoms with E-state index in [1.807, 2.05) is 37.4 Å². The molecule has 1 N–H and O–H groups in total. The fourth-order valence-electron chi connectivity index (χ4n) is 1.77. The van der Waals surface area contributed by atoms with Crippen molar-refractivity contribution in [1.82, 2.24) is 10.2 Å². The fraction of sp³-hybridized carbons (Fsp3) is 0.538. The Balaban J connectivity index is 2.49. The summed E-state index contributed by atoms with van der Waals surface area (Å²) in [6, 6.07) is 9.76. The van der Waals surface area contributed by atoms with Crippen molar-refractivity contribution in [3.05, 3.63) is 35.9 Å². The minimum Gasteiger partial charge on any atom is -0.312 e. The van der Waals surface area contributed by atoms with Crippen LogP contribution in [0.3, 0.4) is 0 Å². The van der Waals surface area contributed by atoms with E-state index in [-0.39, 0.29) is 12.6 Å². The average Bonchev–Trinajstić information content (AvgIpc) is 2.33. The van der Waals surface area contributed by atoms with Crippen LogP contribution in [-0.4, -0.2) is 38.3 Å². The zero-order valence-electron chi connectivity index (χ0n) is 10.7. The van der Waals surface area contributed by atoms with Gasteiger partial charge in [-0.25, -0.2) is 0 Å². The summed E-state index contributed by atoms with van der Waals surface area (Å²) >= 11 is 0. The molecule has 1 atom stereocenters. The first-order chi connectivity index (χ1) is 8.42. The topological polar surface area (TPSA) is 15.3 Å². The summed E-state index contributed by atoms with van der Waals surface area (Å²) in [6.45, 7) is 0.575. The third-order valence-electron chi connectivity index (χ3n) is 2.82. The highest BCUT2D eigenvalue weighted by Gasteiger charge is 2.27. The van der Waals surface area contributed by atoms with E-state index in [2.05, 4.69) is 5.32 Å².